The minimum atomic E-state index is 0.137. The maximum absolute atomic E-state index is 12.6. The van der Waals surface area contributed by atoms with Crippen molar-refractivity contribution >= 4 is 22.6 Å². The molecule has 1 fully saturated rings. The molecular weight excluding hydrogens is 312 g/mol. The third kappa shape index (κ3) is 3.97. The van der Waals surface area contributed by atoms with Gasteiger partial charge in [0.2, 0.25) is 0 Å². The fourth-order valence-electron chi connectivity index (χ4n) is 3.79. The van der Waals surface area contributed by atoms with Gasteiger partial charge < -0.3 is 4.90 Å². The molecule has 1 aliphatic rings. The summed E-state index contributed by atoms with van der Waals surface area (Å²) in [4.78, 5) is 28.0. The maximum atomic E-state index is 12.6. The number of anilines is 1. The van der Waals surface area contributed by atoms with Crippen LogP contribution in [0.1, 0.15) is 40.5 Å². The fourth-order valence-corrected chi connectivity index (χ4v) is 3.79. The first-order chi connectivity index (χ1) is 12.0. The third-order valence-electron chi connectivity index (χ3n) is 5.44. The van der Waals surface area contributed by atoms with Crippen LogP contribution in [-0.4, -0.2) is 33.8 Å². The van der Waals surface area contributed by atoms with E-state index in [2.05, 4.69) is 47.5 Å². The molecule has 3 rings (SSSR count). The number of Topliss-reactive ketones (excluding diaryl/α,β-unsaturated/α-hetero) is 1. The normalized spacial score (nSPS) is 22.4. The number of piperidine rings is 1. The molecule has 0 spiro atoms. The van der Waals surface area contributed by atoms with E-state index in [1.807, 2.05) is 6.07 Å². The lowest BCUT2D eigenvalue weighted by Crippen LogP contribution is -2.41. The number of hydrogen-bond donors (Lipinski definition) is 0. The number of fused-ring (bicyclic) bond motifs is 1. The molecule has 1 saturated heterocycles. The van der Waals surface area contributed by atoms with Crippen LogP contribution in [0.2, 0.25) is 0 Å². The molecular formula is C20H28N4O. The Kier molecular flexibility index (Phi) is 5.30. The summed E-state index contributed by atoms with van der Waals surface area (Å²) in [5.41, 5.74) is 2.61. The van der Waals surface area contributed by atoms with E-state index in [0.717, 1.165) is 30.7 Å². The van der Waals surface area contributed by atoms with Gasteiger partial charge >= 0.3 is 0 Å². The van der Waals surface area contributed by atoms with Crippen molar-refractivity contribution in [1.29, 1.82) is 0 Å². The minimum absolute atomic E-state index is 0.137. The first kappa shape index (κ1) is 17.8. The zero-order chi connectivity index (χ0) is 18.0. The van der Waals surface area contributed by atoms with Crippen molar-refractivity contribution in [2.45, 2.75) is 40.5 Å². The first-order valence-electron chi connectivity index (χ1n) is 9.29. The van der Waals surface area contributed by atoms with E-state index in [4.69, 9.17) is 0 Å². The highest BCUT2D eigenvalue weighted by molar-refractivity contribution is 5.85. The van der Waals surface area contributed by atoms with E-state index in [1.165, 1.54) is 0 Å². The summed E-state index contributed by atoms with van der Waals surface area (Å²) in [6.45, 7) is 10.5. The van der Waals surface area contributed by atoms with Crippen molar-refractivity contribution in [2.75, 3.05) is 18.0 Å². The van der Waals surface area contributed by atoms with Crippen LogP contribution in [0.4, 0.5) is 5.69 Å². The van der Waals surface area contributed by atoms with E-state index in [-0.39, 0.29) is 5.92 Å². The Hall–Kier alpha value is -2.04. The average molecular weight is 340 g/mol. The van der Waals surface area contributed by atoms with Gasteiger partial charge in [-0.1, -0.05) is 27.7 Å². The van der Waals surface area contributed by atoms with Gasteiger partial charge in [0, 0.05) is 44.0 Å². The molecule has 1 aliphatic heterocycles. The predicted molar refractivity (Wildman–Crippen MR) is 100 cm³/mol. The molecule has 5 nitrogen and oxygen atoms in total. The summed E-state index contributed by atoms with van der Waals surface area (Å²) in [5, 5.41) is 0. The Morgan fingerprint density at radius 2 is 1.88 bits per heavy atom. The molecule has 0 bridgehead atoms. The number of pyridine rings is 1. The molecule has 0 N–H and O–H groups in total. The quantitative estimate of drug-likeness (QED) is 0.830. The maximum Gasteiger partial charge on any atom is 0.180 e. The summed E-state index contributed by atoms with van der Waals surface area (Å²) in [7, 11) is 0. The highest BCUT2D eigenvalue weighted by atomic mass is 16.1. The molecule has 0 aromatic carbocycles. The number of nitrogens with zero attached hydrogens (tertiary/aromatic N) is 4. The second kappa shape index (κ2) is 7.46. The van der Waals surface area contributed by atoms with Gasteiger partial charge in [0.15, 0.2) is 5.65 Å². The Morgan fingerprint density at radius 1 is 1.16 bits per heavy atom. The van der Waals surface area contributed by atoms with E-state index in [9.17, 15) is 4.79 Å². The smallest absolute Gasteiger partial charge is 0.180 e. The number of hydrogen-bond acceptors (Lipinski definition) is 5. The van der Waals surface area contributed by atoms with Gasteiger partial charge in [-0.3, -0.25) is 4.79 Å². The molecule has 0 saturated carbocycles. The molecule has 2 aromatic rings. The van der Waals surface area contributed by atoms with Gasteiger partial charge in [-0.15, -0.1) is 0 Å². The standard InChI is InChI=1S/C20H28N4O/c1-13(2)15(4)18(25)10-16-9-14(3)11-24(12-16)17-5-6-22-20-19(17)21-7-8-23-20/h5-8,13-16H,9-12H2,1-4H3/t14-,15?,16-/m0/s1. The molecule has 3 heterocycles. The molecule has 0 amide bonds. The Bertz CT molecular complexity index is 740. The highest BCUT2D eigenvalue weighted by Crippen LogP contribution is 2.32. The Balaban J connectivity index is 1.79. The van der Waals surface area contributed by atoms with Crippen molar-refractivity contribution in [3.63, 3.8) is 0 Å². The Labute approximate surface area is 149 Å². The van der Waals surface area contributed by atoms with E-state index in [1.54, 1.807) is 18.6 Å². The average Bonchev–Trinajstić information content (AvgIpc) is 2.59. The molecule has 1 unspecified atom stereocenters. The van der Waals surface area contributed by atoms with E-state index >= 15 is 0 Å². The molecule has 3 atom stereocenters. The van der Waals surface area contributed by atoms with Crippen molar-refractivity contribution in [2.24, 2.45) is 23.7 Å². The van der Waals surface area contributed by atoms with Crippen LogP contribution in [0.15, 0.2) is 24.7 Å². The Morgan fingerprint density at radius 3 is 2.64 bits per heavy atom. The van der Waals surface area contributed by atoms with Gasteiger partial charge in [0.25, 0.3) is 0 Å². The highest BCUT2D eigenvalue weighted by Gasteiger charge is 2.29. The van der Waals surface area contributed by atoms with Crippen LogP contribution in [0.3, 0.4) is 0 Å². The van der Waals surface area contributed by atoms with Crippen molar-refractivity contribution in [3.8, 4) is 0 Å². The SMILES string of the molecule is CC(C)C(C)C(=O)C[C@@H]1C[C@H](C)CN(c2ccnc3nccnc23)C1. The van der Waals surface area contributed by atoms with Crippen LogP contribution in [-0.2, 0) is 4.79 Å². The lowest BCUT2D eigenvalue weighted by molar-refractivity contribution is -0.124. The molecule has 0 aliphatic carbocycles. The van der Waals surface area contributed by atoms with Gasteiger partial charge in [-0.25, -0.2) is 15.0 Å². The number of ketones is 1. The lowest BCUT2D eigenvalue weighted by atomic mass is 9.82. The minimum Gasteiger partial charge on any atom is -0.369 e. The molecule has 2 aromatic heterocycles. The second-order valence-corrected chi connectivity index (χ2v) is 7.87. The summed E-state index contributed by atoms with van der Waals surface area (Å²) >= 11 is 0. The molecule has 25 heavy (non-hydrogen) atoms. The van der Waals surface area contributed by atoms with Crippen LogP contribution in [0.5, 0.6) is 0 Å². The monoisotopic (exact) mass is 340 g/mol. The zero-order valence-corrected chi connectivity index (χ0v) is 15.6. The molecule has 134 valence electrons. The summed E-state index contributed by atoms with van der Waals surface area (Å²) < 4.78 is 0. The number of aromatic nitrogens is 3. The summed E-state index contributed by atoms with van der Waals surface area (Å²) in [6.07, 6.45) is 6.97. The zero-order valence-electron chi connectivity index (χ0n) is 15.6. The van der Waals surface area contributed by atoms with E-state index in [0.29, 0.717) is 35.6 Å². The lowest BCUT2D eigenvalue weighted by Gasteiger charge is -2.38. The second-order valence-electron chi connectivity index (χ2n) is 7.87. The van der Waals surface area contributed by atoms with Crippen molar-refractivity contribution in [3.05, 3.63) is 24.7 Å². The van der Waals surface area contributed by atoms with Gasteiger partial charge in [0.1, 0.15) is 11.3 Å². The number of carbonyl (C=O) groups is 1. The largest absolute Gasteiger partial charge is 0.369 e. The van der Waals surface area contributed by atoms with Crippen LogP contribution in [0.25, 0.3) is 11.2 Å². The van der Waals surface area contributed by atoms with Crippen LogP contribution in [0, 0.1) is 23.7 Å². The van der Waals surface area contributed by atoms with E-state index < -0.39 is 0 Å². The van der Waals surface area contributed by atoms with Gasteiger partial charge in [-0.05, 0) is 30.2 Å². The van der Waals surface area contributed by atoms with Gasteiger partial charge in [-0.2, -0.15) is 0 Å². The predicted octanol–water partition coefficient (Wildman–Crippen LogP) is 3.74. The summed E-state index contributed by atoms with van der Waals surface area (Å²) in [5.74, 6) is 1.90. The third-order valence-corrected chi connectivity index (χ3v) is 5.44. The topological polar surface area (TPSA) is 59.0 Å². The van der Waals surface area contributed by atoms with Gasteiger partial charge in [0.05, 0.1) is 5.69 Å². The summed E-state index contributed by atoms with van der Waals surface area (Å²) in [6, 6.07) is 2.02. The fraction of sp³-hybridized carbons (Fsp3) is 0.600. The van der Waals surface area contributed by atoms with Crippen LogP contribution < -0.4 is 4.90 Å². The van der Waals surface area contributed by atoms with Crippen LogP contribution >= 0.6 is 0 Å². The number of rotatable bonds is 5. The molecule has 0 radical (unpaired) electrons. The molecule has 5 heteroatoms. The first-order valence-corrected chi connectivity index (χ1v) is 9.29. The number of carbonyl (C=O) groups excluding carboxylic acids is 1. The van der Waals surface area contributed by atoms with Crippen molar-refractivity contribution in [1.82, 2.24) is 15.0 Å². The van der Waals surface area contributed by atoms with Crippen molar-refractivity contribution < 1.29 is 4.79 Å².